The third kappa shape index (κ3) is 3.98. The van der Waals surface area contributed by atoms with Crippen LogP contribution < -0.4 is 5.73 Å². The lowest BCUT2D eigenvalue weighted by molar-refractivity contribution is -0.130. The number of carbonyl (C=O) groups is 1. The van der Waals surface area contributed by atoms with Gasteiger partial charge in [-0.2, -0.15) is 0 Å². The number of rotatable bonds is 5. The molecule has 0 aliphatic rings. The van der Waals surface area contributed by atoms with Gasteiger partial charge in [0.15, 0.2) is 0 Å². The fourth-order valence-electron chi connectivity index (χ4n) is 1.72. The van der Waals surface area contributed by atoms with E-state index in [0.717, 1.165) is 5.56 Å². The molecule has 0 saturated carbocycles. The van der Waals surface area contributed by atoms with E-state index in [2.05, 4.69) is 0 Å². The van der Waals surface area contributed by atoms with E-state index in [1.807, 2.05) is 36.2 Å². The van der Waals surface area contributed by atoms with Crippen molar-refractivity contribution < 1.29 is 4.79 Å². The average Bonchev–Trinajstić information content (AvgIpc) is 2.32. The zero-order valence-corrected chi connectivity index (χ0v) is 11.8. The molecule has 1 aromatic rings. The van der Waals surface area contributed by atoms with Crippen molar-refractivity contribution >= 4 is 17.5 Å². The van der Waals surface area contributed by atoms with Crippen LogP contribution in [0.1, 0.15) is 11.6 Å². The van der Waals surface area contributed by atoms with Gasteiger partial charge in [-0.25, -0.2) is 0 Å². The van der Waals surface area contributed by atoms with E-state index in [-0.39, 0.29) is 11.9 Å². The van der Waals surface area contributed by atoms with Crippen LogP contribution in [0.2, 0.25) is 5.02 Å². The number of nitrogens with zero attached hydrogens (tertiary/aromatic N) is 2. The van der Waals surface area contributed by atoms with Gasteiger partial charge >= 0.3 is 0 Å². The second-order valence-electron chi connectivity index (χ2n) is 4.51. The van der Waals surface area contributed by atoms with Crippen LogP contribution in [0.3, 0.4) is 0 Å². The molecule has 0 spiro atoms. The Morgan fingerprint density at radius 3 is 2.28 bits per heavy atom. The number of halogens is 1. The summed E-state index contributed by atoms with van der Waals surface area (Å²) in [6.45, 7) is 0.802. The highest BCUT2D eigenvalue weighted by Crippen LogP contribution is 2.20. The molecule has 0 aliphatic heterocycles. The molecular formula is C13H20ClN3O. The van der Waals surface area contributed by atoms with Crippen molar-refractivity contribution in [3.05, 3.63) is 34.9 Å². The molecule has 18 heavy (non-hydrogen) atoms. The Morgan fingerprint density at radius 1 is 1.28 bits per heavy atom. The smallest absolute Gasteiger partial charge is 0.236 e. The molecule has 0 bridgehead atoms. The van der Waals surface area contributed by atoms with Gasteiger partial charge in [-0.05, 0) is 24.7 Å². The summed E-state index contributed by atoms with van der Waals surface area (Å²) in [7, 11) is 5.39. The highest BCUT2D eigenvalue weighted by molar-refractivity contribution is 6.30. The average molecular weight is 270 g/mol. The van der Waals surface area contributed by atoms with Crippen LogP contribution in [-0.2, 0) is 4.79 Å². The van der Waals surface area contributed by atoms with E-state index in [1.165, 1.54) is 0 Å². The van der Waals surface area contributed by atoms with Gasteiger partial charge in [-0.1, -0.05) is 23.7 Å². The number of hydrogen-bond donors (Lipinski definition) is 1. The highest BCUT2D eigenvalue weighted by Gasteiger charge is 2.18. The second-order valence-corrected chi connectivity index (χ2v) is 4.94. The van der Waals surface area contributed by atoms with Crippen molar-refractivity contribution in [3.8, 4) is 0 Å². The predicted molar refractivity (Wildman–Crippen MR) is 74.6 cm³/mol. The lowest BCUT2D eigenvalue weighted by Gasteiger charge is -2.27. The van der Waals surface area contributed by atoms with Gasteiger partial charge in [0.25, 0.3) is 0 Å². The molecule has 1 rings (SSSR count). The molecular weight excluding hydrogens is 250 g/mol. The number of likely N-dealkylation sites (N-methyl/N-ethyl adjacent to an activating group) is 2. The van der Waals surface area contributed by atoms with Gasteiger partial charge in [0, 0.05) is 31.7 Å². The van der Waals surface area contributed by atoms with E-state index < -0.39 is 0 Å². The molecule has 2 N–H and O–H groups in total. The molecule has 0 radical (unpaired) electrons. The van der Waals surface area contributed by atoms with Gasteiger partial charge in [-0.3, -0.25) is 9.69 Å². The molecule has 100 valence electrons. The lowest BCUT2D eigenvalue weighted by atomic mass is 10.1. The van der Waals surface area contributed by atoms with E-state index in [4.69, 9.17) is 17.3 Å². The van der Waals surface area contributed by atoms with E-state index in [9.17, 15) is 4.79 Å². The summed E-state index contributed by atoms with van der Waals surface area (Å²) in [6.07, 6.45) is 0. The van der Waals surface area contributed by atoms with Gasteiger partial charge < -0.3 is 10.6 Å². The summed E-state index contributed by atoms with van der Waals surface area (Å²) >= 11 is 5.86. The Balaban J connectivity index is 2.76. The zero-order chi connectivity index (χ0) is 13.7. The summed E-state index contributed by atoms with van der Waals surface area (Å²) in [5.41, 5.74) is 6.86. The van der Waals surface area contributed by atoms with Crippen molar-refractivity contribution in [3.63, 3.8) is 0 Å². The Kier molecular flexibility index (Phi) is 5.59. The van der Waals surface area contributed by atoms with Crippen molar-refractivity contribution in [2.75, 3.05) is 34.2 Å². The van der Waals surface area contributed by atoms with E-state index >= 15 is 0 Å². The van der Waals surface area contributed by atoms with Crippen LogP contribution in [0.5, 0.6) is 0 Å². The van der Waals surface area contributed by atoms with Gasteiger partial charge in [0.2, 0.25) is 5.91 Å². The molecule has 4 nitrogen and oxygen atoms in total. The van der Waals surface area contributed by atoms with Gasteiger partial charge in [-0.15, -0.1) is 0 Å². The monoisotopic (exact) mass is 269 g/mol. The molecule has 1 unspecified atom stereocenters. The number of carbonyl (C=O) groups excluding carboxylic acids is 1. The van der Waals surface area contributed by atoms with Gasteiger partial charge in [0.05, 0.1) is 6.54 Å². The first-order valence-electron chi connectivity index (χ1n) is 5.81. The van der Waals surface area contributed by atoms with E-state index in [0.29, 0.717) is 18.1 Å². The number of amides is 1. The summed E-state index contributed by atoms with van der Waals surface area (Å²) in [4.78, 5) is 15.2. The third-order valence-electron chi connectivity index (χ3n) is 2.89. The van der Waals surface area contributed by atoms with Crippen LogP contribution in [0, 0.1) is 0 Å². The fourth-order valence-corrected chi connectivity index (χ4v) is 1.85. The highest BCUT2D eigenvalue weighted by atomic mass is 35.5. The molecule has 1 aromatic carbocycles. The van der Waals surface area contributed by atoms with Gasteiger partial charge in [0.1, 0.15) is 0 Å². The topological polar surface area (TPSA) is 49.6 Å². The maximum Gasteiger partial charge on any atom is 0.236 e. The van der Waals surface area contributed by atoms with Crippen molar-refractivity contribution in [2.45, 2.75) is 6.04 Å². The number of nitrogens with two attached hydrogens (primary N) is 1. The molecule has 0 aliphatic carbocycles. The molecule has 1 amide bonds. The lowest BCUT2D eigenvalue weighted by Crippen LogP contribution is -2.38. The zero-order valence-electron chi connectivity index (χ0n) is 11.1. The first kappa shape index (κ1) is 15.0. The molecule has 5 heteroatoms. The summed E-state index contributed by atoms with van der Waals surface area (Å²) in [6, 6.07) is 7.57. The molecule has 0 fully saturated rings. The summed E-state index contributed by atoms with van der Waals surface area (Å²) < 4.78 is 0. The van der Waals surface area contributed by atoms with Crippen molar-refractivity contribution in [1.82, 2.24) is 9.80 Å². The van der Waals surface area contributed by atoms with Crippen LogP contribution >= 0.6 is 11.6 Å². The minimum atomic E-state index is 0.0196. The minimum absolute atomic E-state index is 0.0196. The molecule has 1 atom stereocenters. The number of hydrogen-bond acceptors (Lipinski definition) is 3. The third-order valence-corrected chi connectivity index (χ3v) is 3.15. The molecule has 0 heterocycles. The fraction of sp³-hybridized carbons (Fsp3) is 0.462. The first-order chi connectivity index (χ1) is 8.45. The standard InChI is InChI=1S/C13H20ClN3O/c1-16(2)13(18)9-17(3)12(8-15)10-4-6-11(14)7-5-10/h4-7,12H,8-9,15H2,1-3H3. The Labute approximate surface area is 113 Å². The quantitative estimate of drug-likeness (QED) is 0.878. The van der Waals surface area contributed by atoms with E-state index in [1.54, 1.807) is 19.0 Å². The largest absolute Gasteiger partial charge is 0.348 e. The summed E-state index contributed by atoms with van der Waals surface area (Å²) in [5.74, 6) is 0.0601. The number of benzene rings is 1. The Hall–Kier alpha value is -1.10. The minimum Gasteiger partial charge on any atom is -0.348 e. The predicted octanol–water partition coefficient (Wildman–Crippen LogP) is 1.36. The molecule has 0 aromatic heterocycles. The van der Waals surface area contributed by atoms with Crippen molar-refractivity contribution in [2.24, 2.45) is 5.73 Å². The molecule has 0 saturated heterocycles. The van der Waals surface area contributed by atoms with Crippen LogP contribution in [0.25, 0.3) is 0 Å². The second kappa shape index (κ2) is 6.73. The SMILES string of the molecule is CN(C)C(=O)CN(C)C(CN)c1ccc(Cl)cc1. The van der Waals surface area contributed by atoms with Crippen molar-refractivity contribution in [1.29, 1.82) is 0 Å². The maximum atomic E-state index is 11.7. The normalized spacial score (nSPS) is 12.6. The van der Waals surface area contributed by atoms with Crippen LogP contribution in [0.4, 0.5) is 0 Å². The van der Waals surface area contributed by atoms with Crippen LogP contribution in [-0.4, -0.2) is 49.9 Å². The van der Waals surface area contributed by atoms with Crippen LogP contribution in [0.15, 0.2) is 24.3 Å². The maximum absolute atomic E-state index is 11.7. The first-order valence-corrected chi connectivity index (χ1v) is 6.19. The Morgan fingerprint density at radius 2 is 1.83 bits per heavy atom. The summed E-state index contributed by atoms with van der Waals surface area (Å²) in [5, 5.41) is 0.696. The Bertz CT molecular complexity index is 392.